The van der Waals surface area contributed by atoms with Gasteiger partial charge in [0.05, 0.1) is 12.6 Å². The number of carbonyl (C=O) groups excluding carboxylic acids is 1. The number of hydrogen-bond acceptors (Lipinski definition) is 4. The predicted molar refractivity (Wildman–Crippen MR) is 62.1 cm³/mol. The molecule has 2 rings (SSSR count). The number of nitrogens with one attached hydrogen (secondary N) is 1. The summed E-state index contributed by atoms with van der Waals surface area (Å²) in [6, 6.07) is 7.79. The largest absolute Gasteiger partial charge is 0.493 e. The van der Waals surface area contributed by atoms with Crippen molar-refractivity contribution in [1.82, 2.24) is 5.48 Å². The zero-order chi connectivity index (χ0) is 12.3. The molecule has 0 saturated heterocycles. The van der Waals surface area contributed by atoms with Crippen molar-refractivity contribution in [3.8, 4) is 5.75 Å². The van der Waals surface area contributed by atoms with Gasteiger partial charge in [-0.15, -0.1) is 0 Å². The lowest BCUT2D eigenvalue weighted by Gasteiger charge is -2.31. The average Bonchev–Trinajstić information content (AvgIpc) is 2.32. The highest BCUT2D eigenvalue weighted by Gasteiger charge is 2.27. The predicted octanol–water partition coefficient (Wildman–Crippen LogP) is 0.763. The molecule has 92 valence electrons. The first kappa shape index (κ1) is 11.9. The Labute approximate surface area is 99.8 Å². The molecule has 1 aliphatic rings. The van der Waals surface area contributed by atoms with E-state index < -0.39 is 5.91 Å². The van der Waals surface area contributed by atoms with E-state index in [2.05, 4.69) is 12.4 Å². The fourth-order valence-corrected chi connectivity index (χ4v) is 1.88. The van der Waals surface area contributed by atoms with Gasteiger partial charge in [0.25, 0.3) is 0 Å². The minimum atomic E-state index is -0.495. The number of primary amides is 1. The van der Waals surface area contributed by atoms with Crippen LogP contribution in [0.3, 0.4) is 0 Å². The van der Waals surface area contributed by atoms with Gasteiger partial charge in [-0.25, -0.2) is 0 Å². The molecule has 17 heavy (non-hydrogen) atoms. The molecule has 1 aliphatic heterocycles. The summed E-state index contributed by atoms with van der Waals surface area (Å²) in [5.41, 5.74) is 8.92. The molecule has 0 aliphatic carbocycles. The van der Waals surface area contributed by atoms with Crippen LogP contribution < -0.4 is 16.0 Å². The van der Waals surface area contributed by atoms with Crippen molar-refractivity contribution in [3.63, 3.8) is 0 Å². The van der Waals surface area contributed by atoms with E-state index in [1.165, 1.54) is 0 Å². The number of hydroxylamine groups is 1. The summed E-state index contributed by atoms with van der Waals surface area (Å²) in [7, 11) is 0. The standard InChI is InChI=1S/C12H16N2O3/c1-8-6-16-10-5-3-2-4-9(10)12(8)14-17-7-11(13)15/h2-5,8,12,14H,6-7H2,1H3,(H2,13,15). The summed E-state index contributed by atoms with van der Waals surface area (Å²) < 4.78 is 5.61. The molecule has 1 aromatic carbocycles. The van der Waals surface area contributed by atoms with Crippen LogP contribution in [-0.2, 0) is 9.63 Å². The molecule has 0 radical (unpaired) electrons. The van der Waals surface area contributed by atoms with E-state index in [0.29, 0.717) is 6.61 Å². The Morgan fingerprint density at radius 3 is 3.12 bits per heavy atom. The Hall–Kier alpha value is -1.59. The van der Waals surface area contributed by atoms with Crippen molar-refractivity contribution in [1.29, 1.82) is 0 Å². The molecule has 5 heteroatoms. The van der Waals surface area contributed by atoms with Crippen LogP contribution in [0.4, 0.5) is 0 Å². The highest BCUT2D eigenvalue weighted by atomic mass is 16.6. The van der Waals surface area contributed by atoms with Crippen molar-refractivity contribution >= 4 is 5.91 Å². The minimum Gasteiger partial charge on any atom is -0.493 e. The Bertz CT molecular complexity index is 408. The first-order valence-electron chi connectivity index (χ1n) is 5.56. The Balaban J connectivity index is 2.07. The second-order valence-electron chi connectivity index (χ2n) is 4.18. The number of amides is 1. The zero-order valence-electron chi connectivity index (χ0n) is 9.68. The maximum atomic E-state index is 10.6. The molecular weight excluding hydrogens is 220 g/mol. The fourth-order valence-electron chi connectivity index (χ4n) is 1.88. The molecule has 0 saturated carbocycles. The van der Waals surface area contributed by atoms with Gasteiger partial charge in [0.15, 0.2) is 0 Å². The fraction of sp³-hybridized carbons (Fsp3) is 0.417. The number of ether oxygens (including phenoxy) is 1. The molecular formula is C12H16N2O3. The zero-order valence-corrected chi connectivity index (χ0v) is 9.68. The van der Waals surface area contributed by atoms with Crippen LogP contribution in [-0.4, -0.2) is 19.1 Å². The number of hydrogen-bond donors (Lipinski definition) is 2. The molecule has 1 aromatic rings. The van der Waals surface area contributed by atoms with Gasteiger partial charge in [0.1, 0.15) is 12.4 Å². The molecule has 5 nitrogen and oxygen atoms in total. The van der Waals surface area contributed by atoms with Gasteiger partial charge < -0.3 is 10.5 Å². The molecule has 1 heterocycles. The lowest BCUT2D eigenvalue weighted by atomic mass is 9.93. The van der Waals surface area contributed by atoms with Crippen molar-refractivity contribution in [2.75, 3.05) is 13.2 Å². The van der Waals surface area contributed by atoms with Gasteiger partial charge in [-0.3, -0.25) is 9.63 Å². The Kier molecular flexibility index (Phi) is 3.61. The molecule has 0 fully saturated rings. The highest BCUT2D eigenvalue weighted by Crippen LogP contribution is 2.34. The third-order valence-electron chi connectivity index (χ3n) is 2.75. The summed E-state index contributed by atoms with van der Waals surface area (Å²) in [5, 5.41) is 0. The Morgan fingerprint density at radius 2 is 2.35 bits per heavy atom. The number of nitrogens with two attached hydrogens (primary N) is 1. The normalized spacial score (nSPS) is 22.6. The van der Waals surface area contributed by atoms with Crippen LogP contribution in [0.15, 0.2) is 24.3 Å². The van der Waals surface area contributed by atoms with Crippen LogP contribution in [0.5, 0.6) is 5.75 Å². The number of rotatable bonds is 4. The summed E-state index contributed by atoms with van der Waals surface area (Å²) in [6.45, 7) is 2.54. The number of fused-ring (bicyclic) bond motifs is 1. The van der Waals surface area contributed by atoms with E-state index in [9.17, 15) is 4.79 Å². The van der Waals surface area contributed by atoms with Crippen molar-refractivity contribution in [3.05, 3.63) is 29.8 Å². The number of para-hydroxylation sites is 1. The van der Waals surface area contributed by atoms with Crippen molar-refractivity contribution in [2.45, 2.75) is 13.0 Å². The maximum Gasteiger partial charge on any atom is 0.245 e. The second kappa shape index (κ2) is 5.16. The van der Waals surface area contributed by atoms with E-state index >= 15 is 0 Å². The molecule has 0 aromatic heterocycles. The van der Waals surface area contributed by atoms with E-state index in [0.717, 1.165) is 11.3 Å². The third kappa shape index (κ3) is 2.75. The summed E-state index contributed by atoms with van der Waals surface area (Å²) in [6.07, 6.45) is 0. The molecule has 3 N–H and O–H groups in total. The van der Waals surface area contributed by atoms with Crippen molar-refractivity contribution < 1.29 is 14.4 Å². The monoisotopic (exact) mass is 236 g/mol. The summed E-state index contributed by atoms with van der Waals surface area (Å²) in [4.78, 5) is 15.7. The van der Waals surface area contributed by atoms with Gasteiger partial charge in [0.2, 0.25) is 5.91 Å². The average molecular weight is 236 g/mol. The minimum absolute atomic E-state index is 0.0132. The smallest absolute Gasteiger partial charge is 0.245 e. The number of carbonyl (C=O) groups is 1. The quantitative estimate of drug-likeness (QED) is 0.757. The van der Waals surface area contributed by atoms with Gasteiger partial charge in [0, 0.05) is 11.5 Å². The lowest BCUT2D eigenvalue weighted by molar-refractivity contribution is -0.126. The SMILES string of the molecule is CC1COc2ccccc2C1NOCC(N)=O. The first-order chi connectivity index (χ1) is 8.18. The van der Waals surface area contributed by atoms with Gasteiger partial charge >= 0.3 is 0 Å². The maximum absolute atomic E-state index is 10.6. The van der Waals surface area contributed by atoms with Crippen LogP contribution in [0.25, 0.3) is 0 Å². The van der Waals surface area contributed by atoms with E-state index in [4.69, 9.17) is 15.3 Å². The van der Waals surface area contributed by atoms with Crippen LogP contribution >= 0.6 is 0 Å². The van der Waals surface area contributed by atoms with Crippen LogP contribution in [0, 0.1) is 5.92 Å². The number of benzene rings is 1. The third-order valence-corrected chi connectivity index (χ3v) is 2.75. The summed E-state index contributed by atoms with van der Waals surface area (Å²) >= 11 is 0. The molecule has 0 spiro atoms. The Morgan fingerprint density at radius 1 is 1.59 bits per heavy atom. The van der Waals surface area contributed by atoms with Gasteiger partial charge in [-0.05, 0) is 6.07 Å². The second-order valence-corrected chi connectivity index (χ2v) is 4.18. The first-order valence-corrected chi connectivity index (χ1v) is 5.56. The van der Waals surface area contributed by atoms with Crippen LogP contribution in [0.1, 0.15) is 18.5 Å². The molecule has 0 bridgehead atoms. The lowest BCUT2D eigenvalue weighted by Crippen LogP contribution is -2.35. The van der Waals surface area contributed by atoms with E-state index in [-0.39, 0.29) is 18.6 Å². The summed E-state index contributed by atoms with van der Waals surface area (Å²) in [5.74, 6) is 0.619. The van der Waals surface area contributed by atoms with Crippen LogP contribution in [0.2, 0.25) is 0 Å². The van der Waals surface area contributed by atoms with Gasteiger partial charge in [-0.1, -0.05) is 25.1 Å². The van der Waals surface area contributed by atoms with Crippen molar-refractivity contribution in [2.24, 2.45) is 11.7 Å². The molecule has 2 atom stereocenters. The topological polar surface area (TPSA) is 73.6 Å². The van der Waals surface area contributed by atoms with E-state index in [1.807, 2.05) is 24.3 Å². The van der Waals surface area contributed by atoms with Gasteiger partial charge in [-0.2, -0.15) is 5.48 Å². The van der Waals surface area contributed by atoms with E-state index in [1.54, 1.807) is 0 Å². The highest BCUT2D eigenvalue weighted by molar-refractivity contribution is 5.74. The molecule has 1 amide bonds. The molecule has 2 unspecified atom stereocenters.